The number of aromatic nitrogens is 2. The molecule has 0 N–H and O–H groups in total. The van der Waals surface area contributed by atoms with E-state index in [0.29, 0.717) is 5.82 Å². The van der Waals surface area contributed by atoms with E-state index >= 15 is 0 Å². The van der Waals surface area contributed by atoms with Crippen LogP contribution in [0, 0.1) is 0 Å². The molecule has 4 aliphatic heterocycles. The Morgan fingerprint density at radius 3 is 0.946 bits per heavy atom. The van der Waals surface area contributed by atoms with E-state index in [-0.39, 0.29) is 13.4 Å². The lowest BCUT2D eigenvalue weighted by molar-refractivity contribution is 1.16. The summed E-state index contributed by atoms with van der Waals surface area (Å²) in [6, 6.07) is 120. The lowest BCUT2D eigenvalue weighted by Crippen LogP contribution is -2.65. The molecule has 0 aliphatic carbocycles. The molecule has 4 aliphatic rings. The number of hydrogen-bond acceptors (Lipinski definition) is 8. The van der Waals surface area contributed by atoms with E-state index in [4.69, 9.17) is 9.97 Å². The molecule has 0 amide bonds. The molecule has 1 aromatic heterocycles. The fourth-order valence-corrected chi connectivity index (χ4v) is 14.9. The standard InChI is InChI=1S/C82H56B2N8/c1-8-29-57(30-9-1)87(58-31-10-2-11-32-58)64-51-76-80-78(53-64)91(63-41-20-7-21-42-63)74-56-75-70(55-69(74)83(80)67-44-23-26-47-72(67)89(76)61-37-16-5-17-38-61)84-68-45-24-27-48-73(68)90(62-39-18-6-19-40-62)77-52-65(88(59-33-12-3-13-34-59)60-35-14-4-15-36-60)54-79(81(77)84)92(75)71-46-25-22-43-66(71)82-85-49-28-50-86-82/h1-56H. The number of benzene rings is 13. The van der Waals surface area contributed by atoms with E-state index < -0.39 is 0 Å². The lowest BCUT2D eigenvalue weighted by Gasteiger charge is -2.48. The molecule has 18 rings (SSSR count). The average molecular weight is 1180 g/mol. The van der Waals surface area contributed by atoms with E-state index in [1.165, 1.54) is 32.8 Å². The highest BCUT2D eigenvalue weighted by Gasteiger charge is 2.49. The Hall–Kier alpha value is -12.1. The van der Waals surface area contributed by atoms with Gasteiger partial charge in [0.15, 0.2) is 5.82 Å². The third-order valence-corrected chi connectivity index (χ3v) is 18.6. The monoisotopic (exact) mass is 1170 g/mol. The number of para-hydroxylation sites is 10. The van der Waals surface area contributed by atoms with E-state index in [9.17, 15) is 0 Å². The molecule has 0 atom stereocenters. The quantitative estimate of drug-likeness (QED) is 0.119. The summed E-state index contributed by atoms with van der Waals surface area (Å²) in [5.74, 6) is 0.643. The molecule has 5 heterocycles. The van der Waals surface area contributed by atoms with E-state index in [0.717, 1.165) is 108 Å². The molecular weight excluding hydrogens is 1120 g/mol. The summed E-state index contributed by atoms with van der Waals surface area (Å²) in [5.41, 5.74) is 27.5. The second-order valence-electron chi connectivity index (χ2n) is 23.7. The molecule has 0 unspecified atom stereocenters. The van der Waals surface area contributed by atoms with Gasteiger partial charge in [-0.3, -0.25) is 0 Å². The van der Waals surface area contributed by atoms with Crippen molar-refractivity contribution in [1.82, 2.24) is 9.97 Å². The number of anilines is 18. The van der Waals surface area contributed by atoms with E-state index in [2.05, 4.69) is 351 Å². The molecule has 92 heavy (non-hydrogen) atoms. The molecule has 10 heteroatoms. The first kappa shape index (κ1) is 52.9. The molecule has 0 radical (unpaired) electrons. The highest BCUT2D eigenvalue weighted by molar-refractivity contribution is 7.03. The minimum absolute atomic E-state index is 0.195. The zero-order valence-corrected chi connectivity index (χ0v) is 50.1. The molecule has 0 saturated heterocycles. The predicted molar refractivity (Wildman–Crippen MR) is 385 cm³/mol. The Kier molecular flexibility index (Phi) is 12.6. The maximum atomic E-state index is 5.01. The van der Waals surface area contributed by atoms with Crippen molar-refractivity contribution in [3.63, 3.8) is 0 Å². The van der Waals surface area contributed by atoms with Crippen LogP contribution in [-0.2, 0) is 0 Å². The SMILES string of the molecule is c1ccc(N(c2ccccc2)c2cc3c4c(c2)N(c2ccccc2)c2cc5c(cc2B4c2ccccc2N3c2ccccc2)B2c3ccccc3N(c3ccccc3)c3cc(N(c4ccccc4)c4ccccc4)cc(c32)N5c2ccccc2-c2ncccn2)cc1. The predicted octanol–water partition coefficient (Wildman–Crippen LogP) is 17.2. The van der Waals surface area contributed by atoms with Crippen LogP contribution >= 0.6 is 0 Å². The van der Waals surface area contributed by atoms with Gasteiger partial charge in [0.05, 0.1) is 17.1 Å². The Morgan fingerprint density at radius 1 is 0.228 bits per heavy atom. The van der Waals surface area contributed by atoms with Crippen LogP contribution < -0.4 is 62.2 Å². The second-order valence-corrected chi connectivity index (χ2v) is 23.7. The van der Waals surface area contributed by atoms with Crippen molar-refractivity contribution in [2.24, 2.45) is 0 Å². The first-order valence-electron chi connectivity index (χ1n) is 31.5. The molecule has 14 aromatic rings. The summed E-state index contributed by atoms with van der Waals surface area (Å²) in [5, 5.41) is 0. The number of hydrogen-bond donors (Lipinski definition) is 0. The van der Waals surface area contributed by atoms with Crippen molar-refractivity contribution in [1.29, 1.82) is 0 Å². The fraction of sp³-hybridized carbons (Fsp3) is 0. The zero-order valence-electron chi connectivity index (χ0n) is 50.1. The third-order valence-electron chi connectivity index (χ3n) is 18.6. The first-order valence-corrected chi connectivity index (χ1v) is 31.5. The van der Waals surface area contributed by atoms with Crippen molar-refractivity contribution in [3.05, 3.63) is 340 Å². The van der Waals surface area contributed by atoms with Gasteiger partial charge in [-0.1, -0.05) is 182 Å². The van der Waals surface area contributed by atoms with Gasteiger partial charge in [-0.2, -0.15) is 0 Å². The maximum Gasteiger partial charge on any atom is 0.252 e. The summed E-state index contributed by atoms with van der Waals surface area (Å²) in [6.45, 7) is -0.416. The molecule has 0 spiro atoms. The molecule has 8 nitrogen and oxygen atoms in total. The Labute approximate surface area is 536 Å². The van der Waals surface area contributed by atoms with Crippen molar-refractivity contribution < 1.29 is 0 Å². The summed E-state index contributed by atoms with van der Waals surface area (Å²) in [4.78, 5) is 24.9. The first-order chi connectivity index (χ1) is 45.7. The van der Waals surface area contributed by atoms with Crippen molar-refractivity contribution in [2.75, 3.05) is 29.4 Å². The van der Waals surface area contributed by atoms with Crippen LogP contribution in [0.5, 0.6) is 0 Å². The summed E-state index contributed by atoms with van der Waals surface area (Å²) < 4.78 is 0. The van der Waals surface area contributed by atoms with Gasteiger partial charge in [0.25, 0.3) is 13.4 Å². The van der Waals surface area contributed by atoms with Crippen LogP contribution in [0.3, 0.4) is 0 Å². The van der Waals surface area contributed by atoms with Crippen LogP contribution in [0.25, 0.3) is 11.4 Å². The molecule has 13 aromatic carbocycles. The molecule has 0 bridgehead atoms. The van der Waals surface area contributed by atoms with E-state index in [1.807, 2.05) is 18.5 Å². The maximum absolute atomic E-state index is 5.01. The normalized spacial score (nSPS) is 12.9. The summed E-state index contributed by atoms with van der Waals surface area (Å²) in [6.07, 6.45) is 3.69. The van der Waals surface area contributed by atoms with Gasteiger partial charge < -0.3 is 29.4 Å². The van der Waals surface area contributed by atoms with Crippen LogP contribution in [0.1, 0.15) is 0 Å². The molecule has 0 saturated carbocycles. The van der Waals surface area contributed by atoms with Gasteiger partial charge in [-0.05, 0) is 178 Å². The van der Waals surface area contributed by atoms with Crippen LogP contribution in [-0.4, -0.2) is 23.4 Å². The topological polar surface area (TPSA) is 45.2 Å². The van der Waals surface area contributed by atoms with Gasteiger partial charge in [-0.15, -0.1) is 0 Å². The van der Waals surface area contributed by atoms with Crippen molar-refractivity contribution >= 4 is 149 Å². The minimum atomic E-state index is -0.220. The lowest BCUT2D eigenvalue weighted by atomic mass is 9.30. The van der Waals surface area contributed by atoms with Gasteiger partial charge in [0.2, 0.25) is 0 Å². The largest absolute Gasteiger partial charge is 0.311 e. The molecular formula is C82H56B2N8. The molecule has 430 valence electrons. The van der Waals surface area contributed by atoms with Crippen molar-refractivity contribution in [3.8, 4) is 11.4 Å². The van der Waals surface area contributed by atoms with Gasteiger partial charge >= 0.3 is 0 Å². The zero-order chi connectivity index (χ0) is 60.6. The number of nitrogens with zero attached hydrogens (tertiary/aromatic N) is 8. The molecule has 0 fully saturated rings. The van der Waals surface area contributed by atoms with Crippen LogP contribution in [0.4, 0.5) is 102 Å². The summed E-state index contributed by atoms with van der Waals surface area (Å²) >= 11 is 0. The Balaban J connectivity index is 0.985. The van der Waals surface area contributed by atoms with Gasteiger partial charge in [0.1, 0.15) is 0 Å². The van der Waals surface area contributed by atoms with E-state index in [1.54, 1.807) is 0 Å². The second kappa shape index (κ2) is 21.9. The summed E-state index contributed by atoms with van der Waals surface area (Å²) in [7, 11) is 0. The Bertz CT molecular complexity index is 5010. The van der Waals surface area contributed by atoms with Crippen LogP contribution in [0.15, 0.2) is 340 Å². The van der Waals surface area contributed by atoms with Gasteiger partial charge in [0, 0.05) is 103 Å². The average Bonchev–Trinajstić information content (AvgIpc) is 0.688. The van der Waals surface area contributed by atoms with Crippen molar-refractivity contribution in [2.45, 2.75) is 0 Å². The highest BCUT2D eigenvalue weighted by atomic mass is 15.2. The smallest absolute Gasteiger partial charge is 0.252 e. The third kappa shape index (κ3) is 8.49. The Morgan fingerprint density at radius 2 is 0.543 bits per heavy atom. The van der Waals surface area contributed by atoms with Gasteiger partial charge in [-0.25, -0.2) is 9.97 Å². The number of rotatable bonds is 11. The fourth-order valence-electron chi connectivity index (χ4n) is 14.9. The van der Waals surface area contributed by atoms with Crippen LogP contribution in [0.2, 0.25) is 0 Å². The highest BCUT2D eigenvalue weighted by Crippen LogP contribution is 2.53. The number of fused-ring (bicyclic) bond motifs is 8. The minimum Gasteiger partial charge on any atom is -0.311 e.